The smallest absolute Gasteiger partial charge is 0.192 e. The largest absolute Gasteiger partial charge is 0.414 e. The zero-order chi connectivity index (χ0) is 12.8. The van der Waals surface area contributed by atoms with Crippen LogP contribution in [0.4, 0.5) is 0 Å². The second-order valence-corrected chi connectivity index (χ2v) is 11.2. The Hall–Kier alpha value is 0.177. The molecule has 98 valence electrons. The summed E-state index contributed by atoms with van der Waals surface area (Å²) in [4.78, 5) is 0. The molecule has 1 unspecified atom stereocenters. The predicted molar refractivity (Wildman–Crippen MR) is 76.5 cm³/mol. The molecule has 0 N–H and O–H groups in total. The SMILES string of the molecule is CCCCCC(CC)O[Si](C)(C)C(C)(C)C. The van der Waals surface area contributed by atoms with E-state index in [0.29, 0.717) is 11.1 Å². The van der Waals surface area contributed by atoms with Crippen LogP contribution in [0.5, 0.6) is 0 Å². The summed E-state index contributed by atoms with van der Waals surface area (Å²) in [5.41, 5.74) is 0. The van der Waals surface area contributed by atoms with Crippen LogP contribution >= 0.6 is 0 Å². The van der Waals surface area contributed by atoms with Gasteiger partial charge in [-0.1, -0.05) is 53.9 Å². The quantitative estimate of drug-likeness (QED) is 0.432. The molecular formula is C14H32OSi. The van der Waals surface area contributed by atoms with Crippen molar-refractivity contribution in [2.24, 2.45) is 0 Å². The van der Waals surface area contributed by atoms with E-state index in [9.17, 15) is 0 Å². The Morgan fingerprint density at radius 1 is 1.06 bits per heavy atom. The van der Waals surface area contributed by atoms with Gasteiger partial charge in [-0.15, -0.1) is 0 Å². The lowest BCUT2D eigenvalue weighted by atomic mass is 10.1. The molecule has 0 heterocycles. The van der Waals surface area contributed by atoms with E-state index in [4.69, 9.17) is 4.43 Å². The highest BCUT2D eigenvalue weighted by Gasteiger charge is 2.38. The van der Waals surface area contributed by atoms with Crippen molar-refractivity contribution < 1.29 is 4.43 Å². The van der Waals surface area contributed by atoms with Gasteiger partial charge in [-0.2, -0.15) is 0 Å². The fourth-order valence-corrected chi connectivity index (χ4v) is 3.03. The van der Waals surface area contributed by atoms with Crippen molar-refractivity contribution in [1.82, 2.24) is 0 Å². The average molecular weight is 244 g/mol. The molecule has 0 aliphatic heterocycles. The monoisotopic (exact) mass is 244 g/mol. The highest BCUT2D eigenvalue weighted by Crippen LogP contribution is 2.38. The van der Waals surface area contributed by atoms with Crippen LogP contribution < -0.4 is 0 Å². The Balaban J connectivity index is 4.20. The summed E-state index contributed by atoms with van der Waals surface area (Å²) in [7, 11) is -1.55. The van der Waals surface area contributed by atoms with Gasteiger partial charge < -0.3 is 4.43 Å². The van der Waals surface area contributed by atoms with Gasteiger partial charge in [-0.25, -0.2) is 0 Å². The van der Waals surface area contributed by atoms with E-state index in [-0.39, 0.29) is 0 Å². The Morgan fingerprint density at radius 3 is 2.00 bits per heavy atom. The van der Waals surface area contributed by atoms with Crippen LogP contribution in [0.25, 0.3) is 0 Å². The third-order valence-electron chi connectivity index (χ3n) is 3.85. The molecule has 0 saturated heterocycles. The van der Waals surface area contributed by atoms with Gasteiger partial charge in [0.25, 0.3) is 0 Å². The van der Waals surface area contributed by atoms with Crippen molar-refractivity contribution >= 4 is 8.32 Å². The van der Waals surface area contributed by atoms with Gasteiger partial charge in [0.15, 0.2) is 8.32 Å². The minimum Gasteiger partial charge on any atom is -0.414 e. The zero-order valence-corrected chi connectivity index (χ0v) is 13.5. The molecule has 0 aromatic carbocycles. The van der Waals surface area contributed by atoms with Crippen LogP contribution in [0, 0.1) is 0 Å². The fraction of sp³-hybridized carbons (Fsp3) is 1.00. The predicted octanol–water partition coefficient (Wildman–Crippen LogP) is 5.37. The van der Waals surface area contributed by atoms with Gasteiger partial charge in [-0.3, -0.25) is 0 Å². The molecule has 0 aliphatic rings. The average Bonchev–Trinajstić information content (AvgIpc) is 2.14. The highest BCUT2D eigenvalue weighted by molar-refractivity contribution is 6.74. The molecular weight excluding hydrogens is 212 g/mol. The molecule has 0 spiro atoms. The summed E-state index contributed by atoms with van der Waals surface area (Å²) in [5, 5.41) is 0.338. The molecule has 1 nitrogen and oxygen atoms in total. The van der Waals surface area contributed by atoms with Gasteiger partial charge >= 0.3 is 0 Å². The Labute approximate surface area is 104 Å². The van der Waals surface area contributed by atoms with Crippen LogP contribution in [0.1, 0.15) is 66.7 Å². The van der Waals surface area contributed by atoms with E-state index < -0.39 is 8.32 Å². The van der Waals surface area contributed by atoms with E-state index in [1.807, 2.05) is 0 Å². The number of hydrogen-bond acceptors (Lipinski definition) is 1. The van der Waals surface area contributed by atoms with E-state index >= 15 is 0 Å². The molecule has 0 aliphatic carbocycles. The van der Waals surface area contributed by atoms with E-state index in [2.05, 4.69) is 47.7 Å². The third-order valence-corrected chi connectivity index (χ3v) is 8.39. The summed E-state index contributed by atoms with van der Waals surface area (Å²) >= 11 is 0. The van der Waals surface area contributed by atoms with Crippen LogP contribution in [0.15, 0.2) is 0 Å². The van der Waals surface area contributed by atoms with Crippen molar-refractivity contribution in [2.75, 3.05) is 0 Å². The Morgan fingerprint density at radius 2 is 1.62 bits per heavy atom. The first-order valence-corrected chi connectivity index (χ1v) is 9.83. The first-order valence-electron chi connectivity index (χ1n) is 6.92. The second-order valence-electron chi connectivity index (χ2n) is 6.40. The van der Waals surface area contributed by atoms with Crippen LogP contribution in [-0.2, 0) is 4.43 Å². The van der Waals surface area contributed by atoms with Gasteiger partial charge in [0.1, 0.15) is 0 Å². The second kappa shape index (κ2) is 6.80. The maximum absolute atomic E-state index is 6.44. The molecule has 16 heavy (non-hydrogen) atoms. The van der Waals surface area contributed by atoms with Crippen molar-refractivity contribution in [3.63, 3.8) is 0 Å². The van der Waals surface area contributed by atoms with Gasteiger partial charge in [0, 0.05) is 6.10 Å². The number of unbranched alkanes of at least 4 members (excludes halogenated alkanes) is 2. The first kappa shape index (κ1) is 16.2. The van der Waals surface area contributed by atoms with Gasteiger partial charge in [0.2, 0.25) is 0 Å². The summed E-state index contributed by atoms with van der Waals surface area (Å²) in [6.45, 7) is 16.2. The molecule has 0 aromatic heterocycles. The van der Waals surface area contributed by atoms with Crippen molar-refractivity contribution in [1.29, 1.82) is 0 Å². The lowest BCUT2D eigenvalue weighted by Gasteiger charge is -2.39. The summed E-state index contributed by atoms with van der Waals surface area (Å²) in [5.74, 6) is 0. The molecule has 0 saturated carbocycles. The van der Waals surface area contributed by atoms with E-state index in [0.717, 1.165) is 6.42 Å². The van der Waals surface area contributed by atoms with Crippen molar-refractivity contribution in [2.45, 2.75) is 91.0 Å². The molecule has 2 heteroatoms. The summed E-state index contributed by atoms with van der Waals surface area (Å²) in [6, 6.07) is 0. The molecule has 0 bridgehead atoms. The fourth-order valence-electron chi connectivity index (χ4n) is 1.56. The Bertz CT molecular complexity index is 182. The summed E-state index contributed by atoms with van der Waals surface area (Å²) < 4.78 is 6.44. The molecule has 1 atom stereocenters. The molecule has 0 aromatic rings. The van der Waals surface area contributed by atoms with Gasteiger partial charge in [-0.05, 0) is 31.0 Å². The molecule has 0 rings (SSSR count). The number of rotatable bonds is 7. The first-order chi connectivity index (χ1) is 7.24. The molecule has 0 radical (unpaired) electrons. The van der Waals surface area contributed by atoms with Gasteiger partial charge in [0.05, 0.1) is 0 Å². The Kier molecular flexibility index (Phi) is 6.88. The third kappa shape index (κ3) is 5.49. The minimum atomic E-state index is -1.55. The van der Waals surface area contributed by atoms with E-state index in [1.54, 1.807) is 0 Å². The zero-order valence-electron chi connectivity index (χ0n) is 12.5. The highest BCUT2D eigenvalue weighted by atomic mass is 28.4. The maximum Gasteiger partial charge on any atom is 0.192 e. The van der Waals surface area contributed by atoms with Crippen molar-refractivity contribution in [3.8, 4) is 0 Å². The lowest BCUT2D eigenvalue weighted by molar-refractivity contribution is 0.163. The number of hydrogen-bond donors (Lipinski definition) is 0. The normalized spacial score (nSPS) is 15.2. The van der Waals surface area contributed by atoms with Crippen molar-refractivity contribution in [3.05, 3.63) is 0 Å². The molecule has 0 fully saturated rings. The topological polar surface area (TPSA) is 9.23 Å². The lowest BCUT2D eigenvalue weighted by Crippen LogP contribution is -2.43. The van der Waals surface area contributed by atoms with Crippen LogP contribution in [0.2, 0.25) is 18.1 Å². The maximum atomic E-state index is 6.44. The van der Waals surface area contributed by atoms with E-state index in [1.165, 1.54) is 25.7 Å². The summed E-state index contributed by atoms with van der Waals surface area (Å²) in [6.07, 6.45) is 6.87. The van der Waals surface area contributed by atoms with Crippen LogP contribution in [-0.4, -0.2) is 14.4 Å². The standard InChI is InChI=1S/C14H32OSi/c1-8-10-11-12-13(9-2)15-16(6,7)14(3,4)5/h13H,8-12H2,1-7H3. The minimum absolute atomic E-state index is 0.338. The molecule has 0 amide bonds. The van der Waals surface area contributed by atoms with Crippen LogP contribution in [0.3, 0.4) is 0 Å².